The average Bonchev–Trinajstić information content (AvgIpc) is 3.31. The summed E-state index contributed by atoms with van der Waals surface area (Å²) in [7, 11) is -0.975. The van der Waals surface area contributed by atoms with Crippen LogP contribution in [-0.4, -0.2) is 51.8 Å². The highest BCUT2D eigenvalue weighted by molar-refractivity contribution is 6.62. The second-order valence-electron chi connectivity index (χ2n) is 10.4. The molecule has 1 aliphatic carbocycles. The van der Waals surface area contributed by atoms with Crippen LogP contribution in [0.15, 0.2) is 18.5 Å². The van der Waals surface area contributed by atoms with Gasteiger partial charge < -0.3 is 24.3 Å². The Morgan fingerprint density at radius 2 is 2.17 bits per heavy atom. The van der Waals surface area contributed by atoms with E-state index in [9.17, 15) is 9.82 Å². The number of carbonyl (C=O) groups excluding carboxylic acids is 1. The van der Waals surface area contributed by atoms with Crippen LogP contribution < -0.4 is 5.46 Å². The predicted molar refractivity (Wildman–Crippen MR) is 110 cm³/mol. The van der Waals surface area contributed by atoms with Gasteiger partial charge in [-0.3, -0.25) is 0 Å². The maximum Gasteiger partial charge on any atom is 0.493 e. The minimum Gasteiger partial charge on any atom is -0.444 e. The van der Waals surface area contributed by atoms with Crippen molar-refractivity contribution in [3.63, 3.8) is 0 Å². The first-order valence-electron chi connectivity index (χ1n) is 10.3. The van der Waals surface area contributed by atoms with Crippen molar-refractivity contribution in [1.29, 1.82) is 0 Å². The van der Waals surface area contributed by atoms with Crippen LogP contribution in [-0.2, 0) is 15.0 Å². The van der Waals surface area contributed by atoms with Gasteiger partial charge >= 0.3 is 13.2 Å². The number of rotatable bonds is 0. The third kappa shape index (κ3) is 2.33. The van der Waals surface area contributed by atoms with Crippen molar-refractivity contribution in [2.75, 3.05) is 13.1 Å². The maximum absolute atomic E-state index is 12.6. The van der Waals surface area contributed by atoms with E-state index in [0.717, 1.165) is 34.9 Å². The summed E-state index contributed by atoms with van der Waals surface area (Å²) in [5.74, 6) is 0. The van der Waals surface area contributed by atoms with Gasteiger partial charge in [-0.1, -0.05) is 13.8 Å². The number of H-pyrrole nitrogens is 1. The number of carbonyl (C=O) groups is 1. The molecule has 1 saturated carbocycles. The third-order valence-corrected chi connectivity index (χ3v) is 7.53. The Morgan fingerprint density at radius 3 is 2.86 bits per heavy atom. The first-order valence-corrected chi connectivity index (χ1v) is 10.3. The largest absolute Gasteiger partial charge is 0.493 e. The number of amides is 1. The van der Waals surface area contributed by atoms with Crippen molar-refractivity contribution in [3.8, 4) is 0 Å². The smallest absolute Gasteiger partial charge is 0.444 e. The van der Waals surface area contributed by atoms with E-state index in [0.29, 0.717) is 13.1 Å². The van der Waals surface area contributed by atoms with Gasteiger partial charge in [-0.25, -0.2) is 9.78 Å². The Kier molecular flexibility index (Phi) is 3.62. The first-order chi connectivity index (χ1) is 13.5. The summed E-state index contributed by atoms with van der Waals surface area (Å²) in [6.45, 7) is 11.4. The van der Waals surface area contributed by atoms with Crippen molar-refractivity contribution in [2.45, 2.75) is 58.7 Å². The minimum atomic E-state index is -0.975. The van der Waals surface area contributed by atoms with Gasteiger partial charge in [0, 0.05) is 47.2 Å². The van der Waals surface area contributed by atoms with Crippen LogP contribution in [0, 0.1) is 10.8 Å². The Balaban J connectivity index is 1.49. The maximum atomic E-state index is 12.6. The van der Waals surface area contributed by atoms with Gasteiger partial charge in [-0.2, -0.15) is 0 Å². The number of nitrogens with zero attached hydrogens (tertiary/aromatic N) is 2. The summed E-state index contributed by atoms with van der Waals surface area (Å²) in [6, 6.07) is 2.01. The van der Waals surface area contributed by atoms with Gasteiger partial charge in [-0.05, 0) is 45.2 Å². The molecular weight excluding hydrogens is 369 g/mol. The minimum absolute atomic E-state index is 0.0723. The average molecular weight is 397 g/mol. The lowest BCUT2D eigenvalue weighted by molar-refractivity contribution is -0.237. The van der Waals surface area contributed by atoms with Gasteiger partial charge in [0.15, 0.2) is 0 Å². The number of aromatic nitrogens is 2. The lowest BCUT2D eigenvalue weighted by Crippen LogP contribution is -2.67. The molecule has 0 bridgehead atoms. The van der Waals surface area contributed by atoms with E-state index in [2.05, 4.69) is 23.8 Å². The second-order valence-corrected chi connectivity index (χ2v) is 10.4. The summed E-state index contributed by atoms with van der Waals surface area (Å²) >= 11 is 0. The molecule has 2 N–H and O–H groups in total. The van der Waals surface area contributed by atoms with Gasteiger partial charge in [0.05, 0.1) is 5.60 Å². The Labute approximate surface area is 170 Å². The van der Waals surface area contributed by atoms with Crippen LogP contribution in [0.1, 0.15) is 53.0 Å². The highest BCUT2D eigenvalue weighted by Crippen LogP contribution is 2.73. The topological polar surface area (TPSA) is 87.7 Å². The Bertz CT molecular complexity index is 1010. The third-order valence-electron chi connectivity index (χ3n) is 7.53. The summed E-state index contributed by atoms with van der Waals surface area (Å²) in [4.78, 5) is 22.0. The van der Waals surface area contributed by atoms with E-state index in [1.54, 1.807) is 6.20 Å². The van der Waals surface area contributed by atoms with Crippen molar-refractivity contribution in [1.82, 2.24) is 14.9 Å². The van der Waals surface area contributed by atoms with Crippen molar-refractivity contribution in [3.05, 3.63) is 24.0 Å². The molecule has 2 aromatic heterocycles. The quantitative estimate of drug-likeness (QED) is 0.668. The van der Waals surface area contributed by atoms with E-state index in [-0.39, 0.29) is 16.9 Å². The summed E-state index contributed by atoms with van der Waals surface area (Å²) in [5.41, 5.74) is 1.16. The zero-order valence-electron chi connectivity index (χ0n) is 17.7. The van der Waals surface area contributed by atoms with Crippen LogP contribution in [0.25, 0.3) is 11.0 Å². The van der Waals surface area contributed by atoms with Gasteiger partial charge in [0.2, 0.25) is 0 Å². The number of hydrogen-bond acceptors (Lipinski definition) is 5. The van der Waals surface area contributed by atoms with Crippen LogP contribution in [0.2, 0.25) is 0 Å². The lowest BCUT2D eigenvalue weighted by atomic mass is 9.40. The Morgan fingerprint density at radius 1 is 1.41 bits per heavy atom. The predicted octanol–water partition coefficient (Wildman–Crippen LogP) is 2.53. The molecular formula is C21H28BN3O4. The highest BCUT2D eigenvalue weighted by Gasteiger charge is 2.75. The molecule has 0 radical (unpaired) electrons. The molecule has 2 unspecified atom stereocenters. The van der Waals surface area contributed by atoms with E-state index >= 15 is 0 Å². The van der Waals surface area contributed by atoms with Gasteiger partial charge in [-0.15, -0.1) is 0 Å². The van der Waals surface area contributed by atoms with Crippen LogP contribution in [0.3, 0.4) is 0 Å². The standard InChI is InChI=1S/C21H28BN3O4/c1-18(2,3)28-17(26)25-9-7-20(12-25)11-21(19(20,4)5)15-13-6-8-23-16(13)24-10-14(15)22(27)29-21/h6,8,10,27H,7,9,11-12H2,1-5H3,(H,23,24). The molecule has 2 fully saturated rings. The van der Waals surface area contributed by atoms with Crippen LogP contribution >= 0.6 is 0 Å². The number of fused-ring (bicyclic) bond motifs is 4. The molecule has 29 heavy (non-hydrogen) atoms. The fraction of sp³-hybridized carbons (Fsp3) is 0.619. The zero-order valence-corrected chi connectivity index (χ0v) is 17.7. The Hall–Kier alpha value is -2.06. The lowest BCUT2D eigenvalue weighted by Gasteiger charge is -2.67. The van der Waals surface area contributed by atoms with E-state index in [1.165, 1.54) is 0 Å². The second kappa shape index (κ2) is 5.55. The summed E-state index contributed by atoms with van der Waals surface area (Å²) in [5, 5.41) is 11.7. The van der Waals surface area contributed by atoms with Gasteiger partial charge in [0.25, 0.3) is 0 Å². The first kappa shape index (κ1) is 18.9. The van der Waals surface area contributed by atoms with Gasteiger partial charge in [0.1, 0.15) is 11.2 Å². The SMILES string of the molecule is CC(C)(C)OC(=O)N1CCC2(C1)CC1(OB(O)c3cnc4[nH]ccc4c31)C2(C)C. The molecule has 7 nitrogen and oxygen atoms in total. The molecule has 1 amide bonds. The normalized spacial score (nSPS) is 30.3. The molecule has 2 aromatic rings. The molecule has 2 aliphatic heterocycles. The van der Waals surface area contributed by atoms with Crippen molar-refractivity contribution >= 4 is 29.7 Å². The molecule has 4 heterocycles. The summed E-state index contributed by atoms with van der Waals surface area (Å²) < 4.78 is 11.9. The van der Waals surface area contributed by atoms with E-state index in [1.807, 2.05) is 37.9 Å². The number of hydrogen-bond donors (Lipinski definition) is 2. The molecule has 3 aliphatic rings. The molecule has 1 saturated heterocycles. The van der Waals surface area contributed by atoms with Crippen LogP contribution in [0.4, 0.5) is 4.79 Å². The molecule has 154 valence electrons. The number of ether oxygens (including phenoxy) is 1. The van der Waals surface area contributed by atoms with E-state index < -0.39 is 18.3 Å². The monoisotopic (exact) mass is 397 g/mol. The number of likely N-dealkylation sites (tertiary alicyclic amines) is 1. The molecule has 5 rings (SSSR count). The molecule has 0 aromatic carbocycles. The van der Waals surface area contributed by atoms with Crippen LogP contribution in [0.5, 0.6) is 0 Å². The summed E-state index contributed by atoms with van der Waals surface area (Å²) in [6.07, 6.45) is 5.00. The van der Waals surface area contributed by atoms with E-state index in [4.69, 9.17) is 9.39 Å². The van der Waals surface area contributed by atoms with Crippen molar-refractivity contribution < 1.29 is 19.2 Å². The number of pyridine rings is 1. The molecule has 2 spiro atoms. The van der Waals surface area contributed by atoms with Crippen molar-refractivity contribution in [2.24, 2.45) is 10.8 Å². The fourth-order valence-electron chi connectivity index (χ4n) is 5.81. The number of nitrogens with one attached hydrogen (secondary N) is 1. The molecule has 2 atom stereocenters. The number of aromatic amines is 1. The zero-order chi connectivity index (χ0) is 20.8. The fourth-order valence-corrected chi connectivity index (χ4v) is 5.81. The highest BCUT2D eigenvalue weighted by atomic mass is 16.6. The molecule has 8 heteroatoms.